The van der Waals surface area contributed by atoms with Crippen molar-refractivity contribution < 1.29 is 0 Å². The normalized spacial score (nSPS) is 11.3. The minimum atomic E-state index is 1.09. The molecule has 3 heteroatoms. The summed E-state index contributed by atoms with van der Waals surface area (Å²) < 4.78 is 2.55. The van der Waals surface area contributed by atoms with E-state index in [2.05, 4.69) is 228 Å². The molecule has 10 aromatic rings. The van der Waals surface area contributed by atoms with Gasteiger partial charge in [-0.2, -0.15) is 0 Å². The lowest BCUT2D eigenvalue weighted by Gasteiger charge is -2.34. The van der Waals surface area contributed by atoms with Crippen molar-refractivity contribution in [3.8, 4) is 22.3 Å². The maximum atomic E-state index is 2.46. The van der Waals surface area contributed by atoms with E-state index < -0.39 is 0 Å². The quantitative estimate of drug-likeness (QED) is 0.154. The maximum Gasteiger partial charge on any atom is 0.0716 e. The molecule has 9 aromatic carbocycles. The smallest absolute Gasteiger partial charge is 0.0716 e. The van der Waals surface area contributed by atoms with Gasteiger partial charge >= 0.3 is 0 Å². The summed E-state index contributed by atoms with van der Waals surface area (Å²) in [6.07, 6.45) is 0. The van der Waals surface area contributed by atoms with Crippen LogP contribution in [-0.2, 0) is 0 Å². The molecule has 2 nitrogen and oxygen atoms in total. The summed E-state index contributed by atoms with van der Waals surface area (Å²) >= 11 is 1.88. The Morgan fingerprint density at radius 1 is 0.309 bits per heavy atom. The number of fused-ring (bicyclic) bond motifs is 5. The molecule has 0 spiro atoms. The van der Waals surface area contributed by atoms with E-state index in [1.165, 1.54) is 47.6 Å². The van der Waals surface area contributed by atoms with Crippen LogP contribution in [0.4, 0.5) is 34.1 Å². The van der Waals surface area contributed by atoms with Crippen molar-refractivity contribution in [2.24, 2.45) is 0 Å². The first-order valence-corrected chi connectivity index (χ1v) is 19.5. The van der Waals surface area contributed by atoms with E-state index in [1.807, 2.05) is 11.3 Å². The molecule has 0 saturated carbocycles. The Balaban J connectivity index is 1.32. The molecule has 0 N–H and O–H groups in total. The minimum absolute atomic E-state index is 1.09. The summed E-state index contributed by atoms with van der Waals surface area (Å²) in [7, 11) is 0. The molecule has 260 valence electrons. The van der Waals surface area contributed by atoms with Crippen LogP contribution in [0.25, 0.3) is 53.2 Å². The number of para-hydroxylation sites is 3. The van der Waals surface area contributed by atoms with Crippen molar-refractivity contribution in [1.29, 1.82) is 0 Å². The lowest BCUT2D eigenvalue weighted by atomic mass is 10.00. The highest BCUT2D eigenvalue weighted by molar-refractivity contribution is 7.26. The Morgan fingerprint density at radius 2 is 0.873 bits per heavy atom. The maximum absolute atomic E-state index is 2.46. The lowest BCUT2D eigenvalue weighted by Crippen LogP contribution is -2.17. The zero-order valence-corrected chi connectivity index (χ0v) is 30.9. The van der Waals surface area contributed by atoms with Gasteiger partial charge in [-0.25, -0.2) is 0 Å². The number of nitrogens with zero attached hydrogens (tertiary/aromatic N) is 2. The third-order valence-corrected chi connectivity index (χ3v) is 11.6. The Morgan fingerprint density at radius 3 is 1.62 bits per heavy atom. The molecule has 0 unspecified atom stereocenters. The van der Waals surface area contributed by atoms with Crippen LogP contribution < -0.4 is 9.80 Å². The van der Waals surface area contributed by atoms with E-state index in [9.17, 15) is 0 Å². The van der Waals surface area contributed by atoms with E-state index in [0.29, 0.717) is 0 Å². The Hall–Kier alpha value is -6.94. The number of anilines is 6. The predicted octanol–water partition coefficient (Wildman–Crippen LogP) is 15.5. The van der Waals surface area contributed by atoms with Crippen molar-refractivity contribution in [3.05, 3.63) is 218 Å². The molecular formula is C52H36N2S. The second-order valence-corrected chi connectivity index (χ2v) is 14.8. The third kappa shape index (κ3) is 6.01. The predicted molar refractivity (Wildman–Crippen MR) is 237 cm³/mol. The van der Waals surface area contributed by atoms with Gasteiger partial charge in [0.05, 0.1) is 17.1 Å². The molecule has 0 aliphatic heterocycles. The van der Waals surface area contributed by atoms with Gasteiger partial charge in [-0.05, 0) is 82.1 Å². The van der Waals surface area contributed by atoms with E-state index in [-0.39, 0.29) is 0 Å². The molecule has 55 heavy (non-hydrogen) atoms. The van der Waals surface area contributed by atoms with Crippen molar-refractivity contribution >= 4 is 76.4 Å². The average Bonchev–Trinajstić information content (AvgIpc) is 3.63. The molecule has 0 aliphatic carbocycles. The highest BCUT2D eigenvalue weighted by atomic mass is 32.1. The Kier molecular flexibility index (Phi) is 8.40. The molecular weight excluding hydrogens is 685 g/mol. The zero-order chi connectivity index (χ0) is 36.6. The number of thiophene rings is 1. The molecule has 0 bridgehead atoms. The van der Waals surface area contributed by atoms with Gasteiger partial charge < -0.3 is 9.80 Å². The molecule has 0 fully saturated rings. The summed E-state index contributed by atoms with van der Waals surface area (Å²) in [6, 6.07) is 78.9. The Bertz CT molecular complexity index is 2920. The fourth-order valence-electron chi connectivity index (χ4n) is 7.86. The fraction of sp³-hybridized carbons (Fsp3) is 0. The molecule has 0 saturated heterocycles. The van der Waals surface area contributed by atoms with Crippen LogP contribution in [0, 0.1) is 0 Å². The number of benzene rings is 9. The molecule has 0 amide bonds. The van der Waals surface area contributed by atoms with E-state index >= 15 is 0 Å². The van der Waals surface area contributed by atoms with Gasteiger partial charge in [0.15, 0.2) is 0 Å². The van der Waals surface area contributed by atoms with Crippen molar-refractivity contribution in [2.75, 3.05) is 9.80 Å². The summed E-state index contributed by atoms with van der Waals surface area (Å²) in [5, 5.41) is 5.06. The van der Waals surface area contributed by atoms with E-state index in [4.69, 9.17) is 0 Å². The highest BCUT2D eigenvalue weighted by Crippen LogP contribution is 2.52. The van der Waals surface area contributed by atoms with Crippen LogP contribution in [0.5, 0.6) is 0 Å². The van der Waals surface area contributed by atoms with Crippen LogP contribution >= 0.6 is 11.3 Å². The second-order valence-electron chi connectivity index (χ2n) is 13.7. The summed E-state index contributed by atoms with van der Waals surface area (Å²) in [5.41, 5.74) is 11.2. The van der Waals surface area contributed by atoms with E-state index in [1.54, 1.807) is 0 Å². The molecule has 1 aromatic heterocycles. The molecule has 1 heterocycles. The van der Waals surface area contributed by atoms with Gasteiger partial charge in [0, 0.05) is 42.8 Å². The SMILES string of the molecule is c1ccc(-c2cccc(N(c3ccccc3)c3cc4sc5c6ccccc6ccc5c4cc3N(c3ccccc3)c3ccccc3-c3ccccc3)c2)cc1. The van der Waals surface area contributed by atoms with Gasteiger partial charge in [-0.3, -0.25) is 0 Å². The molecule has 10 rings (SSSR count). The average molecular weight is 721 g/mol. The standard InChI is InChI=1S/C52H36N2S/c1-5-18-37(19-6-1)40-23-17-28-43(34-40)53(41-24-9-3-10-25-41)50-36-51-47(46-33-32-39-22-13-14-30-45(39)52(46)55-51)35-49(50)54(42-26-11-4-12-27-42)48-31-16-15-29-44(48)38-20-7-2-8-21-38/h1-36H. The molecule has 0 atom stereocenters. The van der Waals surface area contributed by atoms with Gasteiger partial charge in [0.25, 0.3) is 0 Å². The first-order valence-electron chi connectivity index (χ1n) is 18.7. The van der Waals surface area contributed by atoms with Gasteiger partial charge in [-0.15, -0.1) is 11.3 Å². The number of rotatable bonds is 8. The van der Waals surface area contributed by atoms with Crippen molar-refractivity contribution in [3.63, 3.8) is 0 Å². The molecule has 0 radical (unpaired) electrons. The second kappa shape index (κ2) is 14.1. The van der Waals surface area contributed by atoms with Gasteiger partial charge in [0.1, 0.15) is 0 Å². The van der Waals surface area contributed by atoms with Crippen LogP contribution in [-0.4, -0.2) is 0 Å². The van der Waals surface area contributed by atoms with Gasteiger partial charge in [-0.1, -0.05) is 164 Å². The topological polar surface area (TPSA) is 6.48 Å². The third-order valence-electron chi connectivity index (χ3n) is 10.4. The van der Waals surface area contributed by atoms with Crippen LogP contribution in [0.3, 0.4) is 0 Å². The highest BCUT2D eigenvalue weighted by Gasteiger charge is 2.26. The Labute approximate surface area is 325 Å². The first kappa shape index (κ1) is 32.7. The molecule has 0 aliphatic rings. The van der Waals surface area contributed by atoms with E-state index in [0.717, 1.165) is 39.7 Å². The zero-order valence-electron chi connectivity index (χ0n) is 30.1. The van der Waals surface area contributed by atoms with Crippen LogP contribution in [0.1, 0.15) is 0 Å². The van der Waals surface area contributed by atoms with Crippen molar-refractivity contribution in [1.82, 2.24) is 0 Å². The first-order chi connectivity index (χ1) is 27.3. The largest absolute Gasteiger partial charge is 0.308 e. The van der Waals surface area contributed by atoms with Gasteiger partial charge in [0.2, 0.25) is 0 Å². The lowest BCUT2D eigenvalue weighted by molar-refractivity contribution is 1.23. The van der Waals surface area contributed by atoms with Crippen LogP contribution in [0.15, 0.2) is 218 Å². The van der Waals surface area contributed by atoms with Crippen molar-refractivity contribution in [2.45, 2.75) is 0 Å². The summed E-state index contributed by atoms with van der Waals surface area (Å²) in [4.78, 5) is 4.89. The fourth-order valence-corrected chi connectivity index (χ4v) is 9.11. The minimum Gasteiger partial charge on any atom is -0.308 e. The monoisotopic (exact) mass is 720 g/mol. The summed E-state index contributed by atoms with van der Waals surface area (Å²) in [5.74, 6) is 0. The summed E-state index contributed by atoms with van der Waals surface area (Å²) in [6.45, 7) is 0. The van der Waals surface area contributed by atoms with Crippen LogP contribution in [0.2, 0.25) is 0 Å². The number of hydrogen-bond acceptors (Lipinski definition) is 3. The number of hydrogen-bond donors (Lipinski definition) is 0.